The molecule has 1 aliphatic carbocycles. The van der Waals surface area contributed by atoms with Crippen LogP contribution in [-0.2, 0) is 65.6 Å². The van der Waals surface area contributed by atoms with Crippen LogP contribution in [0.15, 0.2) is 59.6 Å². The minimum atomic E-state index is -1.78. The highest BCUT2D eigenvalue weighted by molar-refractivity contribution is 8.77. The van der Waals surface area contributed by atoms with E-state index in [0.29, 0.717) is 30.4 Å². The molecule has 1 saturated carbocycles. The third-order valence-electron chi connectivity index (χ3n) is 13.5. The molecule has 18 N–H and O–H groups in total. The predicted molar refractivity (Wildman–Crippen MR) is 293 cm³/mol. The highest BCUT2D eigenvalue weighted by Crippen LogP contribution is 2.48. The van der Waals surface area contributed by atoms with Crippen molar-refractivity contribution in [1.82, 2.24) is 42.1 Å². The second kappa shape index (κ2) is 30.5. The lowest BCUT2D eigenvalue weighted by Gasteiger charge is -2.37. The number of phenolic OH excluding ortho intramolecular Hbond substituents is 1. The largest absolute Gasteiger partial charge is 0.508 e. The standard InChI is InChI=1S/C51H72N14O12S2/c52-39(67)18-17-33-44(72)63-36(25-40(53)68)47(75)64-37(49(77)65-22-8-12-38(65)48(76)61-32(11-7-21-57-50(55)56)43(71)58-27-41(54)69)28-78-79-51(19-5-2-6-20-51)26-42(70)59-34(24-30-13-15-31(66)16-14-30)45(73)62-35(46(74)60-33)23-29-9-3-1-4-10-29/h1,3-4,9-10,13-16,32-38,66H,2,5-8,11-12,17-28H2,(H2,52,67)(H2,53,68)(H2,54,69)(H,58,71)(H,59,70)(H,60,74)(H,61,76)(H,62,73)(H,63,72)(H,64,75)(H4,55,56,57)/t32?,33-,34-,35-,36-,37-,38-/m0/s1. The Bertz CT molecular complexity index is 2550. The molecule has 2 aromatic carbocycles. The Morgan fingerprint density at radius 3 is 1.96 bits per heavy atom. The number of nitrogens with zero attached hydrogens (tertiary/aromatic N) is 2. The van der Waals surface area contributed by atoms with E-state index >= 15 is 0 Å². The summed E-state index contributed by atoms with van der Waals surface area (Å²) < 4.78 is -0.759. The van der Waals surface area contributed by atoms with Crippen molar-refractivity contribution in [1.29, 1.82) is 0 Å². The van der Waals surface area contributed by atoms with E-state index in [1.165, 1.54) is 38.6 Å². The highest BCUT2D eigenvalue weighted by Gasteiger charge is 2.42. The number of primary amides is 3. The van der Waals surface area contributed by atoms with Crippen molar-refractivity contribution in [2.24, 2.45) is 33.7 Å². The molecule has 3 aliphatic rings. The Kier molecular flexibility index (Phi) is 24.0. The number of hydrogen-bond donors (Lipinski definition) is 13. The molecule has 79 heavy (non-hydrogen) atoms. The zero-order valence-electron chi connectivity index (χ0n) is 43.7. The number of benzene rings is 2. The highest BCUT2D eigenvalue weighted by atomic mass is 33.1. The Morgan fingerprint density at radius 1 is 0.722 bits per heavy atom. The maximum Gasteiger partial charge on any atom is 0.246 e. The zero-order chi connectivity index (χ0) is 57.6. The summed E-state index contributed by atoms with van der Waals surface area (Å²) in [4.78, 5) is 156. The van der Waals surface area contributed by atoms with Gasteiger partial charge in [0, 0.05) is 49.3 Å². The van der Waals surface area contributed by atoms with Crippen molar-refractivity contribution in [2.75, 3.05) is 25.4 Å². The fourth-order valence-corrected chi connectivity index (χ4v) is 12.8. The molecule has 0 aromatic heterocycles. The van der Waals surface area contributed by atoms with Crippen LogP contribution in [0.4, 0.5) is 0 Å². The molecule has 5 rings (SSSR count). The summed E-state index contributed by atoms with van der Waals surface area (Å²) in [6, 6.07) is 4.67. The number of hydrogen-bond acceptors (Lipinski definition) is 15. The summed E-state index contributed by atoms with van der Waals surface area (Å²) in [5, 5.41) is 28.4. The van der Waals surface area contributed by atoms with Gasteiger partial charge in [0.05, 0.1) is 13.0 Å². The third kappa shape index (κ3) is 20.3. The van der Waals surface area contributed by atoms with Crippen LogP contribution in [0, 0.1) is 0 Å². The molecule has 11 amide bonds. The van der Waals surface area contributed by atoms with Gasteiger partial charge in [0.15, 0.2) is 5.96 Å². The summed E-state index contributed by atoms with van der Waals surface area (Å²) in [5.74, 6) is -9.66. The van der Waals surface area contributed by atoms with Crippen molar-refractivity contribution >= 4 is 92.5 Å². The average Bonchev–Trinajstić information content (AvgIpc) is 3.98. The summed E-state index contributed by atoms with van der Waals surface area (Å²) in [6.45, 7) is -0.395. The summed E-state index contributed by atoms with van der Waals surface area (Å²) in [5.41, 5.74) is 28.4. The van der Waals surface area contributed by atoms with Crippen molar-refractivity contribution in [3.8, 4) is 5.75 Å². The first-order valence-corrected chi connectivity index (χ1v) is 28.4. The van der Waals surface area contributed by atoms with E-state index in [9.17, 15) is 57.8 Å². The molecule has 0 bridgehead atoms. The summed E-state index contributed by atoms with van der Waals surface area (Å²) in [6.07, 6.45) is 2.21. The van der Waals surface area contributed by atoms with Gasteiger partial charge in [-0.2, -0.15) is 0 Å². The van der Waals surface area contributed by atoms with E-state index in [1.807, 2.05) is 0 Å². The fraction of sp³-hybridized carbons (Fsp3) is 0.529. The first kappa shape index (κ1) is 62.2. The molecule has 28 heteroatoms. The summed E-state index contributed by atoms with van der Waals surface area (Å²) in [7, 11) is 2.48. The number of carbonyl (C=O) groups is 11. The lowest BCUT2D eigenvalue weighted by atomic mass is 9.85. The average molecular weight is 1140 g/mol. The number of guanidine groups is 1. The molecule has 7 atom stereocenters. The number of likely N-dealkylation sites (tertiary alicyclic amines) is 1. The summed E-state index contributed by atoms with van der Waals surface area (Å²) >= 11 is 0. The van der Waals surface area contributed by atoms with Crippen molar-refractivity contribution in [3.05, 3.63) is 65.7 Å². The maximum absolute atomic E-state index is 14.9. The van der Waals surface area contributed by atoms with Gasteiger partial charge in [0.2, 0.25) is 65.0 Å². The number of phenols is 1. The molecule has 2 aliphatic heterocycles. The molecule has 2 heterocycles. The van der Waals surface area contributed by atoms with Crippen LogP contribution < -0.4 is 65.9 Å². The molecule has 430 valence electrons. The zero-order valence-corrected chi connectivity index (χ0v) is 45.3. The Labute approximate surface area is 464 Å². The van der Waals surface area contributed by atoms with Crippen LogP contribution in [-0.4, -0.2) is 153 Å². The van der Waals surface area contributed by atoms with Gasteiger partial charge in [0.1, 0.15) is 48.0 Å². The molecule has 2 saturated heterocycles. The maximum atomic E-state index is 14.9. The number of nitrogens with one attached hydrogen (secondary N) is 7. The lowest BCUT2D eigenvalue weighted by molar-refractivity contribution is -0.142. The van der Waals surface area contributed by atoms with Gasteiger partial charge < -0.3 is 75.9 Å². The second-order valence-electron chi connectivity index (χ2n) is 19.8. The topological polar surface area (TPSA) is 438 Å². The van der Waals surface area contributed by atoms with Crippen molar-refractivity contribution in [3.63, 3.8) is 0 Å². The molecule has 0 radical (unpaired) electrons. The van der Waals surface area contributed by atoms with Crippen LogP contribution in [0.25, 0.3) is 0 Å². The van der Waals surface area contributed by atoms with Gasteiger partial charge in [-0.15, -0.1) is 0 Å². The third-order valence-corrected chi connectivity index (χ3v) is 16.8. The molecular formula is C51H72N14O12S2. The van der Waals surface area contributed by atoms with Crippen LogP contribution in [0.3, 0.4) is 0 Å². The number of rotatable bonds is 19. The predicted octanol–water partition coefficient (Wildman–Crippen LogP) is -2.64. The van der Waals surface area contributed by atoms with Gasteiger partial charge in [-0.3, -0.25) is 57.7 Å². The van der Waals surface area contributed by atoms with E-state index in [4.69, 9.17) is 28.7 Å². The van der Waals surface area contributed by atoms with Gasteiger partial charge in [0.25, 0.3) is 0 Å². The van der Waals surface area contributed by atoms with Gasteiger partial charge in [-0.25, -0.2) is 0 Å². The van der Waals surface area contributed by atoms with Gasteiger partial charge in [-0.05, 0) is 68.2 Å². The molecule has 1 unspecified atom stereocenters. The number of amides is 11. The van der Waals surface area contributed by atoms with Crippen molar-refractivity contribution in [2.45, 2.75) is 143 Å². The van der Waals surface area contributed by atoms with Crippen LogP contribution in [0.5, 0.6) is 5.75 Å². The van der Waals surface area contributed by atoms with Crippen LogP contribution >= 0.6 is 21.6 Å². The minimum absolute atomic E-state index is 0.0146. The molecule has 3 fully saturated rings. The molecule has 1 spiro atoms. The Balaban J connectivity index is 1.53. The van der Waals surface area contributed by atoms with Crippen LogP contribution in [0.2, 0.25) is 0 Å². The first-order chi connectivity index (χ1) is 37.6. The van der Waals surface area contributed by atoms with E-state index in [-0.39, 0.29) is 69.1 Å². The van der Waals surface area contributed by atoms with E-state index in [1.54, 1.807) is 42.5 Å². The van der Waals surface area contributed by atoms with Gasteiger partial charge in [-0.1, -0.05) is 83.3 Å². The number of aliphatic imine (C=N–C) groups is 1. The van der Waals surface area contributed by atoms with Gasteiger partial charge >= 0.3 is 0 Å². The normalized spacial score (nSPS) is 22.8. The van der Waals surface area contributed by atoms with E-state index in [2.05, 4.69) is 42.2 Å². The SMILES string of the molecule is NC(=O)CC[C@@H]1NC(=O)[C@H](Cc2ccccc2)NC(=O)[C@H](Cc2ccc(O)cc2)NC(=O)CC2(CCCCC2)SSC[C@@H](C(=O)N2CCC[C@H]2C(=O)NC(CCCN=C(N)N)C(=O)NCC(N)=O)NC(=O)[C@H](CC(N)=O)NC1=O. The van der Waals surface area contributed by atoms with Crippen molar-refractivity contribution < 1.29 is 57.8 Å². The fourth-order valence-electron chi connectivity index (χ4n) is 9.46. The van der Waals surface area contributed by atoms with E-state index < -0.39 is 138 Å². The molecular weight excluding hydrogens is 1060 g/mol. The lowest BCUT2D eigenvalue weighted by Crippen LogP contribution is -2.61. The smallest absolute Gasteiger partial charge is 0.246 e. The Morgan fingerprint density at radius 2 is 1.33 bits per heavy atom. The quantitative estimate of drug-likeness (QED) is 0.0296. The number of aromatic hydroxyl groups is 1. The van der Waals surface area contributed by atoms with E-state index in [0.717, 1.165) is 19.3 Å². The number of carbonyl (C=O) groups excluding carboxylic acids is 11. The monoisotopic (exact) mass is 1140 g/mol. The molecule has 2 aromatic rings. The second-order valence-corrected chi connectivity index (χ2v) is 22.6. The first-order valence-electron chi connectivity index (χ1n) is 26.0. The number of nitrogens with two attached hydrogens (primary N) is 5. The Hall–Kier alpha value is -7.62. The molecule has 26 nitrogen and oxygen atoms in total. The van der Waals surface area contributed by atoms with Crippen LogP contribution in [0.1, 0.15) is 94.6 Å². The minimum Gasteiger partial charge on any atom is -0.508 e.